The molecular weight excluding hydrogens is 357 g/mol. The number of guanidine groups is 1. The Balaban J connectivity index is 0.00000324. The van der Waals surface area contributed by atoms with Crippen molar-refractivity contribution in [1.82, 2.24) is 10.6 Å². The lowest BCUT2D eigenvalue weighted by molar-refractivity contribution is 0.152. The van der Waals surface area contributed by atoms with Gasteiger partial charge in [-0.25, -0.2) is 0 Å². The molecular formula is C13H26IN3O2. The zero-order valence-electron chi connectivity index (χ0n) is 11.9. The molecule has 2 N–H and O–H groups in total. The molecule has 0 unspecified atom stereocenters. The van der Waals surface area contributed by atoms with Crippen molar-refractivity contribution in [1.29, 1.82) is 0 Å². The second-order valence-electron chi connectivity index (χ2n) is 4.06. The topological polar surface area (TPSA) is 54.9 Å². The van der Waals surface area contributed by atoms with Gasteiger partial charge >= 0.3 is 0 Å². The van der Waals surface area contributed by atoms with Crippen molar-refractivity contribution >= 4 is 29.9 Å². The third-order valence-electron chi connectivity index (χ3n) is 2.76. The number of nitrogens with zero attached hydrogens (tertiary/aromatic N) is 1. The van der Waals surface area contributed by atoms with Crippen LogP contribution in [-0.2, 0) is 9.47 Å². The Kier molecular flexibility index (Phi) is 12.5. The molecule has 0 aromatic rings. The molecule has 5 nitrogen and oxygen atoms in total. The summed E-state index contributed by atoms with van der Waals surface area (Å²) in [4.78, 5) is 4.16. The molecule has 6 heteroatoms. The van der Waals surface area contributed by atoms with E-state index in [4.69, 9.17) is 9.47 Å². The van der Waals surface area contributed by atoms with Crippen LogP contribution >= 0.6 is 24.0 Å². The predicted octanol–water partition coefficient (Wildman–Crippen LogP) is 1.54. The minimum atomic E-state index is 0. The van der Waals surface area contributed by atoms with Crippen molar-refractivity contribution in [2.45, 2.75) is 19.8 Å². The summed E-state index contributed by atoms with van der Waals surface area (Å²) in [5, 5.41) is 6.51. The van der Waals surface area contributed by atoms with Crippen LogP contribution in [0.5, 0.6) is 0 Å². The van der Waals surface area contributed by atoms with E-state index in [-0.39, 0.29) is 24.0 Å². The van der Waals surface area contributed by atoms with Crippen LogP contribution < -0.4 is 10.6 Å². The van der Waals surface area contributed by atoms with Crippen molar-refractivity contribution in [2.75, 3.05) is 46.6 Å². The van der Waals surface area contributed by atoms with Gasteiger partial charge in [0.25, 0.3) is 0 Å². The minimum Gasteiger partial charge on any atom is -0.380 e. The number of hydrogen-bond acceptors (Lipinski definition) is 3. The molecule has 0 aliphatic carbocycles. The van der Waals surface area contributed by atoms with Gasteiger partial charge in [0.2, 0.25) is 0 Å². The number of halogens is 1. The molecule has 1 heterocycles. The lowest BCUT2D eigenvalue weighted by atomic mass is 10.1. The molecule has 1 aliphatic heterocycles. The van der Waals surface area contributed by atoms with E-state index in [0.29, 0.717) is 6.61 Å². The second kappa shape index (κ2) is 12.7. The van der Waals surface area contributed by atoms with E-state index in [1.165, 1.54) is 5.57 Å². The monoisotopic (exact) mass is 383 g/mol. The van der Waals surface area contributed by atoms with Gasteiger partial charge in [-0.3, -0.25) is 4.99 Å². The number of rotatable bonds is 7. The smallest absolute Gasteiger partial charge is 0.191 e. The standard InChI is InChI=1S/C13H25N3O2.HI/c1-3-17-11-8-16-13(14-2)15-7-4-12-5-9-18-10-6-12;/h5H,3-4,6-11H2,1-2H3,(H2,14,15,16);1H. The summed E-state index contributed by atoms with van der Waals surface area (Å²) in [6, 6.07) is 0. The fourth-order valence-electron chi connectivity index (χ4n) is 1.74. The van der Waals surface area contributed by atoms with Gasteiger partial charge in [0.15, 0.2) is 5.96 Å². The zero-order valence-corrected chi connectivity index (χ0v) is 14.2. The Hall–Kier alpha value is -0.340. The first-order valence-corrected chi connectivity index (χ1v) is 6.64. The van der Waals surface area contributed by atoms with E-state index in [0.717, 1.165) is 51.7 Å². The number of ether oxygens (including phenoxy) is 2. The number of nitrogens with one attached hydrogen (secondary N) is 2. The molecule has 0 radical (unpaired) electrons. The summed E-state index contributed by atoms with van der Waals surface area (Å²) in [5.41, 5.74) is 1.47. The molecule has 1 aliphatic rings. The fourth-order valence-corrected chi connectivity index (χ4v) is 1.74. The molecule has 0 atom stereocenters. The minimum absolute atomic E-state index is 0. The van der Waals surface area contributed by atoms with Crippen LogP contribution in [-0.4, -0.2) is 52.5 Å². The summed E-state index contributed by atoms with van der Waals surface area (Å²) in [7, 11) is 1.78. The Morgan fingerprint density at radius 1 is 1.42 bits per heavy atom. The average Bonchev–Trinajstić information content (AvgIpc) is 2.42. The highest BCUT2D eigenvalue weighted by Gasteiger charge is 2.03. The average molecular weight is 383 g/mol. The van der Waals surface area contributed by atoms with Crippen LogP contribution in [0.4, 0.5) is 0 Å². The molecule has 0 amide bonds. The van der Waals surface area contributed by atoms with Gasteiger partial charge in [0, 0.05) is 26.7 Å². The van der Waals surface area contributed by atoms with Gasteiger partial charge in [-0.1, -0.05) is 11.6 Å². The Bertz CT molecular complexity index is 283. The van der Waals surface area contributed by atoms with Crippen molar-refractivity contribution < 1.29 is 9.47 Å². The second-order valence-corrected chi connectivity index (χ2v) is 4.06. The summed E-state index contributed by atoms with van der Waals surface area (Å²) in [6.07, 6.45) is 4.28. The molecule has 1 rings (SSSR count). The van der Waals surface area contributed by atoms with E-state index in [1.807, 2.05) is 6.92 Å². The van der Waals surface area contributed by atoms with Crippen molar-refractivity contribution in [3.8, 4) is 0 Å². The molecule has 0 fully saturated rings. The quantitative estimate of drug-likeness (QED) is 0.230. The van der Waals surface area contributed by atoms with Crippen molar-refractivity contribution in [3.63, 3.8) is 0 Å². The van der Waals surface area contributed by atoms with E-state index in [2.05, 4.69) is 21.7 Å². The number of aliphatic imine (C=N–C) groups is 1. The van der Waals surface area contributed by atoms with Crippen LogP contribution in [0.25, 0.3) is 0 Å². The maximum absolute atomic E-state index is 5.28. The molecule has 112 valence electrons. The highest BCUT2D eigenvalue weighted by Crippen LogP contribution is 2.10. The van der Waals surface area contributed by atoms with Gasteiger partial charge < -0.3 is 20.1 Å². The SMILES string of the molecule is CCOCCNC(=NC)NCCC1=CCOCC1.I. The lowest BCUT2D eigenvalue weighted by Gasteiger charge is -2.15. The highest BCUT2D eigenvalue weighted by atomic mass is 127. The molecule has 0 saturated heterocycles. The van der Waals surface area contributed by atoms with E-state index in [1.54, 1.807) is 7.05 Å². The summed E-state index contributed by atoms with van der Waals surface area (Å²) in [6.45, 7) is 6.76. The van der Waals surface area contributed by atoms with Crippen molar-refractivity contribution in [3.05, 3.63) is 11.6 Å². The van der Waals surface area contributed by atoms with Gasteiger partial charge in [0.1, 0.15) is 0 Å². The largest absolute Gasteiger partial charge is 0.380 e. The summed E-state index contributed by atoms with van der Waals surface area (Å²) < 4.78 is 10.5. The van der Waals surface area contributed by atoms with E-state index in [9.17, 15) is 0 Å². The third kappa shape index (κ3) is 9.23. The molecule has 0 saturated carbocycles. The normalized spacial score (nSPS) is 15.5. The van der Waals surface area contributed by atoms with Gasteiger partial charge in [-0.05, 0) is 19.8 Å². The summed E-state index contributed by atoms with van der Waals surface area (Å²) in [5.74, 6) is 0.836. The third-order valence-corrected chi connectivity index (χ3v) is 2.76. The Morgan fingerprint density at radius 3 is 2.84 bits per heavy atom. The first-order valence-electron chi connectivity index (χ1n) is 6.64. The van der Waals surface area contributed by atoms with Gasteiger partial charge in [0.05, 0.1) is 19.8 Å². The molecule has 0 bridgehead atoms. The van der Waals surface area contributed by atoms with Crippen LogP contribution in [0, 0.1) is 0 Å². The molecule has 0 aromatic heterocycles. The van der Waals surface area contributed by atoms with Crippen LogP contribution in [0.3, 0.4) is 0 Å². The van der Waals surface area contributed by atoms with E-state index < -0.39 is 0 Å². The first kappa shape index (κ1) is 18.7. The Morgan fingerprint density at radius 2 is 2.21 bits per heavy atom. The van der Waals surface area contributed by atoms with Gasteiger partial charge in [-0.15, -0.1) is 24.0 Å². The molecule has 0 spiro atoms. The van der Waals surface area contributed by atoms with Crippen LogP contribution in [0.2, 0.25) is 0 Å². The maximum atomic E-state index is 5.28. The fraction of sp³-hybridized carbons (Fsp3) is 0.769. The molecule has 0 aromatic carbocycles. The lowest BCUT2D eigenvalue weighted by Crippen LogP contribution is -2.39. The summed E-state index contributed by atoms with van der Waals surface area (Å²) >= 11 is 0. The number of hydrogen-bond donors (Lipinski definition) is 2. The Labute approximate surface area is 133 Å². The zero-order chi connectivity index (χ0) is 13.1. The molecule has 19 heavy (non-hydrogen) atoms. The van der Waals surface area contributed by atoms with Crippen molar-refractivity contribution in [2.24, 2.45) is 4.99 Å². The predicted molar refractivity (Wildman–Crippen MR) is 89.4 cm³/mol. The van der Waals surface area contributed by atoms with Crippen LogP contribution in [0.1, 0.15) is 19.8 Å². The first-order chi connectivity index (χ1) is 8.86. The van der Waals surface area contributed by atoms with Crippen LogP contribution in [0.15, 0.2) is 16.6 Å². The maximum Gasteiger partial charge on any atom is 0.191 e. The highest BCUT2D eigenvalue weighted by molar-refractivity contribution is 14.0. The van der Waals surface area contributed by atoms with E-state index >= 15 is 0 Å². The van der Waals surface area contributed by atoms with Gasteiger partial charge in [-0.2, -0.15) is 0 Å².